The van der Waals surface area contributed by atoms with Crippen molar-refractivity contribution in [3.63, 3.8) is 0 Å². The molecule has 3 nitrogen and oxygen atoms in total. The van der Waals surface area contributed by atoms with Gasteiger partial charge in [0.1, 0.15) is 11.6 Å². The normalized spacial score (nSPS) is 12.6. The Morgan fingerprint density at radius 2 is 2.14 bits per heavy atom. The van der Waals surface area contributed by atoms with Crippen molar-refractivity contribution in [1.82, 2.24) is 9.97 Å². The van der Waals surface area contributed by atoms with Gasteiger partial charge in [0.2, 0.25) is 0 Å². The summed E-state index contributed by atoms with van der Waals surface area (Å²) >= 11 is 0. The summed E-state index contributed by atoms with van der Waals surface area (Å²) in [7, 11) is 0. The van der Waals surface area contributed by atoms with Crippen molar-refractivity contribution in [2.75, 3.05) is 0 Å². The van der Waals surface area contributed by atoms with Crippen molar-refractivity contribution in [2.24, 2.45) is 0 Å². The van der Waals surface area contributed by atoms with Crippen molar-refractivity contribution in [3.05, 3.63) is 48.0 Å². The highest BCUT2D eigenvalue weighted by molar-refractivity contribution is 5.37. The number of para-hydroxylation sites is 1. The quantitative estimate of drug-likeness (QED) is 0.759. The minimum absolute atomic E-state index is 0.0891. The van der Waals surface area contributed by atoms with Gasteiger partial charge in [-0.05, 0) is 6.07 Å². The molecule has 0 spiro atoms. The van der Waals surface area contributed by atoms with Crippen molar-refractivity contribution < 1.29 is 5.11 Å². The van der Waals surface area contributed by atoms with E-state index in [1.165, 1.54) is 0 Å². The van der Waals surface area contributed by atoms with Crippen LogP contribution in [0, 0.1) is 0 Å². The summed E-state index contributed by atoms with van der Waals surface area (Å²) in [6.07, 6.45) is 3.50. The number of imidazole rings is 1. The fraction of sp³-hybridized carbons (Fsp3) is 0.182. The van der Waals surface area contributed by atoms with Gasteiger partial charge in [0, 0.05) is 23.9 Å². The molecule has 0 aliphatic heterocycles. The van der Waals surface area contributed by atoms with E-state index in [1.807, 2.05) is 25.1 Å². The molecule has 14 heavy (non-hydrogen) atoms. The molecule has 2 N–H and O–H groups in total. The molecular formula is C11H12N2O. The van der Waals surface area contributed by atoms with Crippen molar-refractivity contribution in [3.8, 4) is 5.75 Å². The van der Waals surface area contributed by atoms with Crippen molar-refractivity contribution in [2.45, 2.75) is 12.8 Å². The Balaban J connectivity index is 2.37. The van der Waals surface area contributed by atoms with Crippen LogP contribution in [0.4, 0.5) is 0 Å². The maximum atomic E-state index is 9.64. The van der Waals surface area contributed by atoms with E-state index >= 15 is 0 Å². The summed E-state index contributed by atoms with van der Waals surface area (Å²) in [6, 6.07) is 7.32. The highest BCUT2D eigenvalue weighted by atomic mass is 16.3. The fourth-order valence-corrected chi connectivity index (χ4v) is 1.52. The molecule has 72 valence electrons. The van der Waals surface area contributed by atoms with Crippen LogP contribution in [0.2, 0.25) is 0 Å². The van der Waals surface area contributed by atoms with E-state index in [4.69, 9.17) is 0 Å². The number of phenolic OH excluding ortho intramolecular Hbond substituents is 1. The first-order valence-corrected chi connectivity index (χ1v) is 4.56. The molecule has 2 rings (SSSR count). The molecular weight excluding hydrogens is 176 g/mol. The molecule has 2 aromatic rings. The predicted octanol–water partition coefficient (Wildman–Crippen LogP) is 2.27. The maximum Gasteiger partial charge on any atom is 0.119 e. The number of aromatic nitrogens is 2. The summed E-state index contributed by atoms with van der Waals surface area (Å²) in [5, 5.41) is 9.64. The van der Waals surface area contributed by atoms with Crippen LogP contribution < -0.4 is 0 Å². The van der Waals surface area contributed by atoms with Crippen LogP contribution in [0.5, 0.6) is 5.75 Å². The molecule has 0 bridgehead atoms. The Labute approximate surface area is 82.4 Å². The molecule has 0 aliphatic rings. The van der Waals surface area contributed by atoms with Crippen molar-refractivity contribution >= 4 is 0 Å². The number of rotatable bonds is 2. The second kappa shape index (κ2) is 3.54. The van der Waals surface area contributed by atoms with Crippen LogP contribution >= 0.6 is 0 Å². The first-order chi connectivity index (χ1) is 6.79. The minimum atomic E-state index is 0.0891. The lowest BCUT2D eigenvalue weighted by Gasteiger charge is -2.10. The SMILES string of the molecule is CC(c1ncc[nH]1)c1ccccc1O. The topological polar surface area (TPSA) is 48.9 Å². The van der Waals surface area contributed by atoms with E-state index < -0.39 is 0 Å². The van der Waals surface area contributed by atoms with Gasteiger partial charge < -0.3 is 10.1 Å². The van der Waals surface area contributed by atoms with Gasteiger partial charge in [0.05, 0.1) is 0 Å². The zero-order chi connectivity index (χ0) is 9.97. The van der Waals surface area contributed by atoms with Gasteiger partial charge in [-0.1, -0.05) is 25.1 Å². The Kier molecular flexibility index (Phi) is 2.23. The number of benzene rings is 1. The van der Waals surface area contributed by atoms with E-state index in [9.17, 15) is 5.11 Å². The van der Waals surface area contributed by atoms with Crippen LogP contribution in [-0.2, 0) is 0 Å². The van der Waals surface area contributed by atoms with Gasteiger partial charge in [-0.15, -0.1) is 0 Å². The van der Waals surface area contributed by atoms with Crippen LogP contribution in [0.1, 0.15) is 24.2 Å². The van der Waals surface area contributed by atoms with Crippen LogP contribution in [-0.4, -0.2) is 15.1 Å². The zero-order valence-corrected chi connectivity index (χ0v) is 7.94. The molecule has 1 unspecified atom stereocenters. The summed E-state index contributed by atoms with van der Waals surface area (Å²) in [5.74, 6) is 1.27. The van der Waals surface area contributed by atoms with E-state index in [2.05, 4.69) is 9.97 Å². The number of phenols is 1. The van der Waals surface area contributed by atoms with Gasteiger partial charge in [0.25, 0.3) is 0 Å². The second-order valence-electron chi connectivity index (χ2n) is 3.25. The summed E-state index contributed by atoms with van der Waals surface area (Å²) in [5.41, 5.74) is 0.891. The molecule has 0 saturated heterocycles. The number of aromatic hydroxyl groups is 1. The lowest BCUT2D eigenvalue weighted by atomic mass is 10.00. The largest absolute Gasteiger partial charge is 0.508 e. The number of nitrogens with zero attached hydrogens (tertiary/aromatic N) is 1. The third kappa shape index (κ3) is 1.48. The van der Waals surface area contributed by atoms with Crippen LogP contribution in [0.3, 0.4) is 0 Å². The van der Waals surface area contributed by atoms with Gasteiger partial charge >= 0.3 is 0 Å². The summed E-state index contributed by atoms with van der Waals surface area (Å²) in [4.78, 5) is 7.21. The summed E-state index contributed by atoms with van der Waals surface area (Å²) < 4.78 is 0. The Morgan fingerprint density at radius 1 is 1.36 bits per heavy atom. The Hall–Kier alpha value is -1.77. The van der Waals surface area contributed by atoms with Gasteiger partial charge in [-0.2, -0.15) is 0 Å². The van der Waals surface area contributed by atoms with Crippen LogP contribution in [0.15, 0.2) is 36.7 Å². The third-order valence-electron chi connectivity index (χ3n) is 2.33. The fourth-order valence-electron chi connectivity index (χ4n) is 1.52. The predicted molar refractivity (Wildman–Crippen MR) is 54.2 cm³/mol. The summed E-state index contributed by atoms with van der Waals surface area (Å²) in [6.45, 7) is 2.01. The van der Waals surface area contributed by atoms with Gasteiger partial charge in [0.15, 0.2) is 0 Å². The van der Waals surface area contributed by atoms with E-state index in [1.54, 1.807) is 18.5 Å². The van der Waals surface area contributed by atoms with Gasteiger partial charge in [-0.3, -0.25) is 0 Å². The second-order valence-corrected chi connectivity index (χ2v) is 3.25. The molecule has 0 aliphatic carbocycles. The molecule has 0 radical (unpaired) electrons. The number of hydrogen-bond acceptors (Lipinski definition) is 2. The number of aromatic amines is 1. The van der Waals surface area contributed by atoms with E-state index in [0.717, 1.165) is 11.4 Å². The zero-order valence-electron chi connectivity index (χ0n) is 7.94. The molecule has 1 aromatic heterocycles. The first-order valence-electron chi connectivity index (χ1n) is 4.56. The standard InChI is InChI=1S/C11H12N2O/c1-8(11-12-6-7-13-11)9-4-2-3-5-10(9)14/h2-8,14H,1H3,(H,12,13). The molecule has 0 saturated carbocycles. The number of H-pyrrole nitrogens is 1. The van der Waals surface area contributed by atoms with E-state index in [0.29, 0.717) is 5.75 Å². The third-order valence-corrected chi connectivity index (χ3v) is 2.33. The Bertz CT molecular complexity index is 409. The average molecular weight is 188 g/mol. The van der Waals surface area contributed by atoms with Crippen LogP contribution in [0.25, 0.3) is 0 Å². The Morgan fingerprint density at radius 3 is 2.79 bits per heavy atom. The average Bonchev–Trinajstić information content (AvgIpc) is 2.70. The molecule has 3 heteroatoms. The smallest absolute Gasteiger partial charge is 0.119 e. The maximum absolute atomic E-state index is 9.64. The number of hydrogen-bond donors (Lipinski definition) is 2. The lowest BCUT2D eigenvalue weighted by molar-refractivity contribution is 0.465. The molecule has 0 amide bonds. The minimum Gasteiger partial charge on any atom is -0.508 e. The molecule has 1 aromatic carbocycles. The van der Waals surface area contributed by atoms with Crippen molar-refractivity contribution in [1.29, 1.82) is 0 Å². The van der Waals surface area contributed by atoms with Gasteiger partial charge in [-0.25, -0.2) is 4.98 Å². The first kappa shape index (κ1) is 8.81. The highest BCUT2D eigenvalue weighted by Gasteiger charge is 2.13. The molecule has 1 heterocycles. The lowest BCUT2D eigenvalue weighted by Crippen LogP contribution is -1.98. The van der Waals surface area contributed by atoms with E-state index in [-0.39, 0.29) is 5.92 Å². The molecule has 1 atom stereocenters. The number of nitrogens with one attached hydrogen (secondary N) is 1. The monoisotopic (exact) mass is 188 g/mol. The molecule has 0 fully saturated rings. The highest BCUT2D eigenvalue weighted by Crippen LogP contribution is 2.28.